The Bertz CT molecular complexity index is 1160. The molecule has 0 saturated carbocycles. The molecule has 2 aromatic carbocycles. The van der Waals surface area contributed by atoms with E-state index in [4.69, 9.17) is 16.3 Å². The minimum absolute atomic E-state index is 0.149. The fraction of sp³-hybridized carbons (Fsp3) is 0.217. The number of nitrogens with zero attached hydrogens (tertiary/aromatic N) is 2. The Hall–Kier alpha value is -2.62. The molecular formula is C23H18BrClN2O5S. The Morgan fingerprint density at radius 3 is 2.48 bits per heavy atom. The zero-order chi connectivity index (χ0) is 23.5. The number of imide groups is 1. The van der Waals surface area contributed by atoms with Crippen LogP contribution in [0.15, 0.2) is 51.8 Å². The van der Waals surface area contributed by atoms with Crippen LogP contribution in [-0.2, 0) is 9.59 Å². The molecule has 4 rings (SSSR count). The van der Waals surface area contributed by atoms with Crippen molar-refractivity contribution in [3.8, 4) is 5.75 Å². The van der Waals surface area contributed by atoms with Gasteiger partial charge in [-0.15, -0.1) is 0 Å². The molecule has 10 heteroatoms. The molecule has 0 aromatic heterocycles. The number of esters is 1. The van der Waals surface area contributed by atoms with Crippen molar-refractivity contribution < 1.29 is 23.9 Å². The summed E-state index contributed by atoms with van der Waals surface area (Å²) in [7, 11) is 0. The maximum Gasteiger partial charge on any atom is 0.343 e. The molecule has 0 bridgehead atoms. The van der Waals surface area contributed by atoms with Crippen LogP contribution in [0.4, 0.5) is 4.79 Å². The van der Waals surface area contributed by atoms with Gasteiger partial charge in [-0.2, -0.15) is 0 Å². The van der Waals surface area contributed by atoms with Crippen LogP contribution < -0.4 is 4.74 Å². The summed E-state index contributed by atoms with van der Waals surface area (Å²) in [6, 6.07) is 11.2. The summed E-state index contributed by atoms with van der Waals surface area (Å²) in [5, 5.41) is -0.0108. The van der Waals surface area contributed by atoms with Crippen molar-refractivity contribution in [2.75, 3.05) is 19.6 Å². The number of likely N-dealkylation sites (tertiary alicyclic amines) is 1. The second kappa shape index (κ2) is 10.1. The molecule has 3 amide bonds. The third-order valence-electron chi connectivity index (χ3n) is 5.17. The van der Waals surface area contributed by atoms with Gasteiger partial charge in [0.25, 0.3) is 11.1 Å². The van der Waals surface area contributed by atoms with E-state index in [9.17, 15) is 19.2 Å². The van der Waals surface area contributed by atoms with Crippen molar-refractivity contribution in [3.05, 3.63) is 68.0 Å². The number of benzene rings is 2. The van der Waals surface area contributed by atoms with Crippen LogP contribution in [0.3, 0.4) is 0 Å². The zero-order valence-corrected chi connectivity index (χ0v) is 20.4. The fourth-order valence-corrected chi connectivity index (χ4v) is 4.78. The molecule has 0 radical (unpaired) electrons. The highest BCUT2D eigenvalue weighted by molar-refractivity contribution is 9.10. The second-order valence-electron chi connectivity index (χ2n) is 7.43. The molecule has 0 atom stereocenters. The summed E-state index contributed by atoms with van der Waals surface area (Å²) in [5.74, 6) is -1.16. The third kappa shape index (κ3) is 5.48. The maximum absolute atomic E-state index is 12.9. The van der Waals surface area contributed by atoms with Gasteiger partial charge in [0.2, 0.25) is 5.91 Å². The first kappa shape index (κ1) is 23.5. The second-order valence-corrected chi connectivity index (χ2v) is 9.78. The maximum atomic E-state index is 12.9. The first-order valence-corrected chi connectivity index (χ1v) is 12.1. The van der Waals surface area contributed by atoms with Gasteiger partial charge in [-0.25, -0.2) is 4.79 Å². The van der Waals surface area contributed by atoms with Crippen LogP contribution in [0.2, 0.25) is 5.02 Å². The van der Waals surface area contributed by atoms with Gasteiger partial charge in [-0.1, -0.05) is 27.5 Å². The van der Waals surface area contributed by atoms with Crippen molar-refractivity contribution in [1.82, 2.24) is 9.80 Å². The van der Waals surface area contributed by atoms with E-state index in [1.165, 1.54) is 6.08 Å². The molecule has 170 valence electrons. The fourth-order valence-electron chi connectivity index (χ4n) is 3.45. The smallest absolute Gasteiger partial charge is 0.343 e. The average Bonchev–Trinajstić information content (AvgIpc) is 3.41. The van der Waals surface area contributed by atoms with Crippen LogP contribution in [0.1, 0.15) is 28.8 Å². The lowest BCUT2D eigenvalue weighted by atomic mass is 10.1. The molecule has 0 spiro atoms. The van der Waals surface area contributed by atoms with E-state index in [-0.39, 0.29) is 23.1 Å². The summed E-state index contributed by atoms with van der Waals surface area (Å²) in [6.45, 7) is 1.01. The Morgan fingerprint density at radius 2 is 1.79 bits per heavy atom. The number of hydrogen-bond acceptors (Lipinski definition) is 6. The molecule has 2 aliphatic heterocycles. The van der Waals surface area contributed by atoms with Crippen molar-refractivity contribution in [2.24, 2.45) is 0 Å². The zero-order valence-electron chi connectivity index (χ0n) is 17.3. The van der Waals surface area contributed by atoms with Gasteiger partial charge in [-0.05, 0) is 73.1 Å². The number of halogens is 2. The summed E-state index contributed by atoms with van der Waals surface area (Å²) < 4.78 is 6.23. The number of thioether (sulfide) groups is 1. The molecule has 2 saturated heterocycles. The van der Waals surface area contributed by atoms with E-state index in [1.807, 2.05) is 0 Å². The molecule has 33 heavy (non-hydrogen) atoms. The van der Waals surface area contributed by atoms with Crippen LogP contribution in [0, 0.1) is 0 Å². The lowest BCUT2D eigenvalue weighted by molar-refractivity contribution is -0.135. The Kier molecular flexibility index (Phi) is 7.21. The molecule has 2 heterocycles. The Morgan fingerprint density at radius 1 is 1.09 bits per heavy atom. The predicted octanol–water partition coefficient (Wildman–Crippen LogP) is 4.98. The predicted molar refractivity (Wildman–Crippen MR) is 129 cm³/mol. The van der Waals surface area contributed by atoms with Crippen LogP contribution in [0.25, 0.3) is 6.08 Å². The first-order valence-electron chi connectivity index (χ1n) is 10.1. The van der Waals surface area contributed by atoms with Gasteiger partial charge in [-0.3, -0.25) is 19.3 Å². The molecule has 0 unspecified atom stereocenters. The van der Waals surface area contributed by atoms with Crippen molar-refractivity contribution in [1.29, 1.82) is 0 Å². The quantitative estimate of drug-likeness (QED) is 0.297. The molecule has 2 aliphatic rings. The Labute approximate surface area is 207 Å². The average molecular weight is 550 g/mol. The number of carbonyl (C=O) groups excluding carboxylic acids is 4. The van der Waals surface area contributed by atoms with E-state index in [0.717, 1.165) is 29.5 Å². The van der Waals surface area contributed by atoms with Gasteiger partial charge in [0.05, 0.1) is 10.5 Å². The largest absolute Gasteiger partial charge is 0.422 e. The van der Waals surface area contributed by atoms with Gasteiger partial charge >= 0.3 is 5.97 Å². The lowest BCUT2D eigenvalue weighted by Crippen LogP contribution is -2.40. The number of rotatable bonds is 5. The van der Waals surface area contributed by atoms with Gasteiger partial charge in [0.1, 0.15) is 12.3 Å². The highest BCUT2D eigenvalue weighted by Gasteiger charge is 2.37. The molecule has 0 aliphatic carbocycles. The number of hydrogen-bond donors (Lipinski definition) is 0. The normalized spacial score (nSPS) is 17.2. The SMILES string of the molecule is O=C(Oc1ccc(Br)cc1/C=C1\SC(=O)N(CC(=O)N2CCCC2)C1=O)c1ccc(Cl)cc1. The molecule has 2 fully saturated rings. The van der Waals surface area contributed by atoms with Crippen molar-refractivity contribution in [3.63, 3.8) is 0 Å². The molecular weight excluding hydrogens is 532 g/mol. The van der Waals surface area contributed by atoms with E-state index < -0.39 is 17.1 Å². The van der Waals surface area contributed by atoms with E-state index in [2.05, 4.69) is 15.9 Å². The summed E-state index contributed by atoms with van der Waals surface area (Å²) >= 11 is 9.99. The summed E-state index contributed by atoms with van der Waals surface area (Å²) in [6.07, 6.45) is 3.34. The highest BCUT2D eigenvalue weighted by atomic mass is 79.9. The van der Waals surface area contributed by atoms with Crippen molar-refractivity contribution >= 4 is 68.4 Å². The molecule has 0 N–H and O–H groups in total. The lowest BCUT2D eigenvalue weighted by Gasteiger charge is -2.18. The van der Waals surface area contributed by atoms with E-state index >= 15 is 0 Å². The third-order valence-corrected chi connectivity index (χ3v) is 6.82. The molecule has 7 nitrogen and oxygen atoms in total. The minimum atomic E-state index is -0.590. The van der Waals surface area contributed by atoms with E-state index in [1.54, 1.807) is 47.4 Å². The van der Waals surface area contributed by atoms with Crippen LogP contribution >= 0.6 is 39.3 Å². The van der Waals surface area contributed by atoms with Gasteiger partial charge in [0.15, 0.2) is 0 Å². The monoisotopic (exact) mass is 548 g/mol. The summed E-state index contributed by atoms with van der Waals surface area (Å²) in [4.78, 5) is 53.0. The first-order chi connectivity index (χ1) is 15.8. The Balaban J connectivity index is 1.54. The standard InChI is InChI=1S/C23H18BrClN2O5S/c24-16-5-8-18(32-22(30)14-3-6-17(25)7-4-14)15(11-16)12-19-21(29)27(23(31)33-19)13-20(28)26-9-1-2-10-26/h3-8,11-12H,1-2,9-10,13H2/b19-12-. The van der Waals surface area contributed by atoms with Crippen LogP contribution in [0.5, 0.6) is 5.75 Å². The number of carbonyl (C=O) groups is 4. The molecule has 2 aromatic rings. The topological polar surface area (TPSA) is 84.0 Å². The highest BCUT2D eigenvalue weighted by Crippen LogP contribution is 2.35. The number of ether oxygens (including phenoxy) is 1. The van der Waals surface area contributed by atoms with Crippen molar-refractivity contribution in [2.45, 2.75) is 12.8 Å². The van der Waals surface area contributed by atoms with Gasteiger partial charge in [0, 0.05) is 28.1 Å². The van der Waals surface area contributed by atoms with E-state index in [0.29, 0.717) is 33.7 Å². The minimum Gasteiger partial charge on any atom is -0.422 e. The van der Waals surface area contributed by atoms with Gasteiger partial charge < -0.3 is 9.64 Å². The van der Waals surface area contributed by atoms with Crippen LogP contribution in [-0.4, -0.2) is 52.5 Å². The summed E-state index contributed by atoms with van der Waals surface area (Å²) in [5.41, 5.74) is 0.747. The number of amides is 3.